The van der Waals surface area contributed by atoms with Gasteiger partial charge in [0, 0.05) is 4.47 Å². The van der Waals surface area contributed by atoms with E-state index in [4.69, 9.17) is 16.9 Å². The molecule has 0 spiro atoms. The predicted molar refractivity (Wildman–Crippen MR) is 78.3 cm³/mol. The molecule has 0 aliphatic carbocycles. The van der Waals surface area contributed by atoms with Crippen LogP contribution in [0.25, 0.3) is 0 Å². The maximum Gasteiger partial charge on any atom is 0.256 e. The van der Waals surface area contributed by atoms with Gasteiger partial charge in [0.2, 0.25) is 0 Å². The Labute approximate surface area is 123 Å². The minimum Gasteiger partial charge on any atom is -0.321 e. The van der Waals surface area contributed by atoms with Crippen molar-refractivity contribution in [2.75, 3.05) is 5.32 Å². The summed E-state index contributed by atoms with van der Waals surface area (Å²) in [5.41, 5.74) is 1.36. The molecule has 1 amide bonds. The maximum absolute atomic E-state index is 12.1. The number of halogens is 2. The van der Waals surface area contributed by atoms with Crippen molar-refractivity contribution in [1.29, 1.82) is 5.26 Å². The Bertz CT molecular complexity index is 679. The zero-order valence-corrected chi connectivity index (χ0v) is 12.0. The summed E-state index contributed by atoms with van der Waals surface area (Å²) in [5.74, 6) is -0.288. The minimum atomic E-state index is -0.288. The van der Waals surface area contributed by atoms with Gasteiger partial charge in [0.15, 0.2) is 0 Å². The third-order valence-electron chi connectivity index (χ3n) is 2.46. The number of nitriles is 1. The van der Waals surface area contributed by atoms with Gasteiger partial charge in [0.05, 0.1) is 27.9 Å². The lowest BCUT2D eigenvalue weighted by atomic mass is 10.2. The Kier molecular flexibility index (Phi) is 4.20. The normalized spacial score (nSPS) is 9.74. The van der Waals surface area contributed by atoms with E-state index in [1.165, 1.54) is 6.07 Å². The van der Waals surface area contributed by atoms with E-state index in [1.54, 1.807) is 30.3 Å². The smallest absolute Gasteiger partial charge is 0.256 e. The monoisotopic (exact) mass is 334 g/mol. The van der Waals surface area contributed by atoms with Crippen LogP contribution in [-0.2, 0) is 0 Å². The van der Waals surface area contributed by atoms with Gasteiger partial charge in [-0.15, -0.1) is 0 Å². The van der Waals surface area contributed by atoms with Gasteiger partial charge in [-0.05, 0) is 46.3 Å². The largest absolute Gasteiger partial charge is 0.321 e. The van der Waals surface area contributed by atoms with Crippen LogP contribution in [0.5, 0.6) is 0 Å². The molecule has 0 saturated carbocycles. The number of hydrogen-bond donors (Lipinski definition) is 1. The molecule has 0 aliphatic heterocycles. The van der Waals surface area contributed by atoms with E-state index >= 15 is 0 Å². The molecule has 0 unspecified atom stereocenters. The summed E-state index contributed by atoms with van der Waals surface area (Å²) in [6.45, 7) is 0. The van der Waals surface area contributed by atoms with Crippen molar-refractivity contribution in [3.05, 3.63) is 63.1 Å². The van der Waals surface area contributed by atoms with E-state index in [0.29, 0.717) is 26.3 Å². The molecule has 1 N–H and O–H groups in total. The summed E-state index contributed by atoms with van der Waals surface area (Å²) >= 11 is 9.30. The second-order valence-electron chi connectivity index (χ2n) is 3.74. The summed E-state index contributed by atoms with van der Waals surface area (Å²) in [7, 11) is 0. The molecule has 0 bridgehead atoms. The zero-order valence-electron chi connectivity index (χ0n) is 9.65. The highest BCUT2D eigenvalue weighted by Gasteiger charge is 2.11. The average molecular weight is 336 g/mol. The molecular formula is C14H8BrClN2O. The number of hydrogen-bond acceptors (Lipinski definition) is 2. The minimum absolute atomic E-state index is 0.288. The van der Waals surface area contributed by atoms with Crippen LogP contribution in [0.15, 0.2) is 46.9 Å². The van der Waals surface area contributed by atoms with E-state index in [1.807, 2.05) is 12.1 Å². The lowest BCUT2D eigenvalue weighted by Gasteiger charge is -2.08. The van der Waals surface area contributed by atoms with Gasteiger partial charge in [0.1, 0.15) is 0 Å². The molecule has 0 aliphatic rings. The fourth-order valence-electron chi connectivity index (χ4n) is 1.53. The first-order valence-corrected chi connectivity index (χ1v) is 6.54. The summed E-state index contributed by atoms with van der Waals surface area (Å²) in [6, 6.07) is 13.8. The molecule has 2 aromatic rings. The summed E-state index contributed by atoms with van der Waals surface area (Å²) < 4.78 is 0.695. The number of nitrogens with one attached hydrogen (secondary N) is 1. The number of carbonyl (C=O) groups excluding carboxylic acids is 1. The van der Waals surface area contributed by atoms with Crippen molar-refractivity contribution >= 4 is 39.1 Å². The Hall–Kier alpha value is -1.83. The third-order valence-corrected chi connectivity index (χ3v) is 3.48. The Morgan fingerprint density at radius 2 is 2.00 bits per heavy atom. The topological polar surface area (TPSA) is 52.9 Å². The Balaban J connectivity index is 2.30. The maximum atomic E-state index is 12.1. The molecule has 0 saturated heterocycles. The molecule has 0 fully saturated rings. The molecule has 0 heterocycles. The predicted octanol–water partition coefficient (Wildman–Crippen LogP) is 4.23. The van der Waals surface area contributed by atoms with Crippen LogP contribution in [0.3, 0.4) is 0 Å². The summed E-state index contributed by atoms with van der Waals surface area (Å²) in [4.78, 5) is 12.1. The number of anilines is 1. The average Bonchev–Trinajstić information content (AvgIpc) is 2.41. The molecule has 3 nitrogen and oxygen atoms in total. The van der Waals surface area contributed by atoms with Crippen molar-refractivity contribution in [2.24, 2.45) is 0 Å². The fraction of sp³-hybridized carbons (Fsp3) is 0. The molecule has 2 rings (SSSR count). The van der Waals surface area contributed by atoms with Crippen LogP contribution in [0, 0.1) is 11.3 Å². The first kappa shape index (κ1) is 13.6. The number of amides is 1. The highest BCUT2D eigenvalue weighted by Crippen LogP contribution is 2.24. The Morgan fingerprint density at radius 3 is 2.68 bits per heavy atom. The second-order valence-corrected chi connectivity index (χ2v) is 5.00. The van der Waals surface area contributed by atoms with E-state index in [0.717, 1.165) is 0 Å². The van der Waals surface area contributed by atoms with Gasteiger partial charge in [-0.25, -0.2) is 0 Å². The van der Waals surface area contributed by atoms with Crippen LogP contribution in [0.1, 0.15) is 15.9 Å². The lowest BCUT2D eigenvalue weighted by molar-refractivity contribution is 0.102. The van der Waals surface area contributed by atoms with Gasteiger partial charge in [0.25, 0.3) is 5.91 Å². The molecule has 2 aromatic carbocycles. The summed E-state index contributed by atoms with van der Waals surface area (Å²) in [6.07, 6.45) is 0. The molecule has 0 radical (unpaired) electrons. The number of benzene rings is 2. The molecule has 0 aromatic heterocycles. The van der Waals surface area contributed by atoms with Crippen LogP contribution < -0.4 is 5.32 Å². The van der Waals surface area contributed by atoms with Crippen LogP contribution in [0.2, 0.25) is 5.02 Å². The molecule has 19 heavy (non-hydrogen) atoms. The van der Waals surface area contributed by atoms with Crippen molar-refractivity contribution in [2.45, 2.75) is 0 Å². The highest BCUT2D eigenvalue weighted by molar-refractivity contribution is 9.10. The van der Waals surface area contributed by atoms with Crippen LogP contribution in [0.4, 0.5) is 5.69 Å². The van der Waals surface area contributed by atoms with Gasteiger partial charge in [-0.3, -0.25) is 4.79 Å². The molecule has 0 atom stereocenters. The van der Waals surface area contributed by atoms with Crippen molar-refractivity contribution < 1.29 is 4.79 Å². The lowest BCUT2D eigenvalue weighted by Crippen LogP contribution is -2.12. The molecular weight excluding hydrogens is 328 g/mol. The number of carbonyl (C=O) groups is 1. The van der Waals surface area contributed by atoms with Gasteiger partial charge in [-0.1, -0.05) is 23.7 Å². The number of nitrogens with zero attached hydrogens (tertiary/aromatic N) is 1. The second kappa shape index (κ2) is 5.87. The first-order valence-electron chi connectivity index (χ1n) is 5.37. The van der Waals surface area contributed by atoms with E-state index in [9.17, 15) is 4.79 Å². The zero-order chi connectivity index (χ0) is 13.8. The van der Waals surface area contributed by atoms with E-state index in [2.05, 4.69) is 21.2 Å². The van der Waals surface area contributed by atoms with Gasteiger partial charge >= 0.3 is 0 Å². The first-order chi connectivity index (χ1) is 9.11. The third kappa shape index (κ3) is 3.14. The fourth-order valence-corrected chi connectivity index (χ4v) is 2.16. The van der Waals surface area contributed by atoms with E-state index < -0.39 is 0 Å². The summed E-state index contributed by atoms with van der Waals surface area (Å²) in [5, 5.41) is 11.9. The Morgan fingerprint density at radius 1 is 1.26 bits per heavy atom. The van der Waals surface area contributed by atoms with E-state index in [-0.39, 0.29) is 5.91 Å². The van der Waals surface area contributed by atoms with Gasteiger partial charge in [-0.2, -0.15) is 5.26 Å². The SMILES string of the molecule is N#Cc1ccc(Cl)c(NC(=O)c2ccccc2Br)c1. The standard InChI is InChI=1S/C14H8BrClN2O/c15-11-4-2-1-3-10(11)14(19)18-13-7-9(8-17)5-6-12(13)16/h1-7H,(H,18,19). The van der Waals surface area contributed by atoms with Gasteiger partial charge < -0.3 is 5.32 Å². The van der Waals surface area contributed by atoms with Crippen LogP contribution in [-0.4, -0.2) is 5.91 Å². The number of rotatable bonds is 2. The molecule has 94 valence electrons. The van der Waals surface area contributed by atoms with Crippen molar-refractivity contribution in [1.82, 2.24) is 0 Å². The van der Waals surface area contributed by atoms with Crippen molar-refractivity contribution in [3.8, 4) is 6.07 Å². The van der Waals surface area contributed by atoms with Crippen LogP contribution >= 0.6 is 27.5 Å². The highest BCUT2D eigenvalue weighted by atomic mass is 79.9. The van der Waals surface area contributed by atoms with Crippen molar-refractivity contribution in [3.63, 3.8) is 0 Å². The molecule has 5 heteroatoms. The quantitative estimate of drug-likeness (QED) is 0.893.